The highest BCUT2D eigenvalue weighted by Gasteiger charge is 2.11. The Morgan fingerprint density at radius 2 is 1.86 bits per heavy atom. The monoisotopic (exact) mass is 309 g/mol. The van der Waals surface area contributed by atoms with E-state index in [1.807, 2.05) is 35.7 Å². The topological polar surface area (TPSA) is 54.9 Å². The van der Waals surface area contributed by atoms with E-state index in [4.69, 9.17) is 0 Å². The number of rotatable bonds is 5. The van der Waals surface area contributed by atoms with Crippen LogP contribution in [0.25, 0.3) is 11.3 Å². The second-order valence-corrected chi connectivity index (χ2v) is 5.62. The summed E-state index contributed by atoms with van der Waals surface area (Å²) in [4.78, 5) is 20.5. The lowest BCUT2D eigenvalue weighted by Gasteiger charge is -2.03. The zero-order valence-corrected chi connectivity index (χ0v) is 12.7. The van der Waals surface area contributed by atoms with Gasteiger partial charge in [0, 0.05) is 29.9 Å². The number of nitrogens with zero attached hydrogens (tertiary/aromatic N) is 2. The maximum absolute atomic E-state index is 12.1. The molecular weight excluding hydrogens is 294 g/mol. The first kappa shape index (κ1) is 14.4. The zero-order valence-electron chi connectivity index (χ0n) is 11.9. The van der Waals surface area contributed by atoms with Crippen molar-refractivity contribution in [3.63, 3.8) is 0 Å². The predicted octanol–water partition coefficient (Wildman–Crippen LogP) is 3.18. The summed E-state index contributed by atoms with van der Waals surface area (Å²) in [6, 6.07) is 13.8. The highest BCUT2D eigenvalue weighted by molar-refractivity contribution is 7.12. The van der Waals surface area contributed by atoms with Crippen LogP contribution in [0, 0.1) is 0 Å². The Kier molecular flexibility index (Phi) is 4.56. The van der Waals surface area contributed by atoms with E-state index in [0.717, 1.165) is 17.7 Å². The standard InChI is InChI=1S/C17H15N3OS/c21-16(19-11-6-13-4-2-1-3-5-13)17-20-15(12-22-17)14-7-9-18-10-8-14/h1-5,7-10,12H,6,11H2,(H,19,21). The number of carbonyl (C=O) groups is 1. The van der Waals surface area contributed by atoms with Crippen molar-refractivity contribution in [3.8, 4) is 11.3 Å². The van der Waals surface area contributed by atoms with E-state index in [0.29, 0.717) is 11.6 Å². The van der Waals surface area contributed by atoms with Crippen LogP contribution < -0.4 is 5.32 Å². The van der Waals surface area contributed by atoms with Gasteiger partial charge < -0.3 is 5.32 Å². The van der Waals surface area contributed by atoms with Crippen LogP contribution in [0.2, 0.25) is 0 Å². The fraction of sp³-hybridized carbons (Fsp3) is 0.118. The summed E-state index contributed by atoms with van der Waals surface area (Å²) in [5.41, 5.74) is 2.98. The lowest BCUT2D eigenvalue weighted by Crippen LogP contribution is -2.25. The molecule has 0 saturated heterocycles. The van der Waals surface area contributed by atoms with Crippen molar-refractivity contribution in [1.29, 1.82) is 0 Å². The molecule has 4 nitrogen and oxygen atoms in total. The van der Waals surface area contributed by atoms with E-state index in [9.17, 15) is 4.79 Å². The molecule has 0 saturated carbocycles. The number of aromatic nitrogens is 2. The van der Waals surface area contributed by atoms with Crippen molar-refractivity contribution >= 4 is 17.2 Å². The van der Waals surface area contributed by atoms with Gasteiger partial charge in [0.05, 0.1) is 5.69 Å². The third kappa shape index (κ3) is 3.56. The first-order valence-electron chi connectivity index (χ1n) is 7.01. The molecule has 0 unspecified atom stereocenters. The van der Waals surface area contributed by atoms with Gasteiger partial charge in [-0.2, -0.15) is 0 Å². The first-order valence-corrected chi connectivity index (χ1v) is 7.89. The van der Waals surface area contributed by atoms with Gasteiger partial charge in [0.1, 0.15) is 0 Å². The molecule has 0 spiro atoms. The van der Waals surface area contributed by atoms with Crippen LogP contribution in [0.15, 0.2) is 60.2 Å². The molecule has 22 heavy (non-hydrogen) atoms. The minimum Gasteiger partial charge on any atom is -0.350 e. The van der Waals surface area contributed by atoms with Gasteiger partial charge in [-0.1, -0.05) is 30.3 Å². The third-order valence-electron chi connectivity index (χ3n) is 3.22. The smallest absolute Gasteiger partial charge is 0.280 e. The molecule has 0 aliphatic heterocycles. The molecule has 1 aromatic carbocycles. The van der Waals surface area contributed by atoms with Gasteiger partial charge in [0.15, 0.2) is 5.01 Å². The number of benzene rings is 1. The minimum absolute atomic E-state index is 0.124. The molecule has 3 aromatic rings. The SMILES string of the molecule is O=C(NCCc1ccccc1)c1nc(-c2ccncc2)cs1. The summed E-state index contributed by atoms with van der Waals surface area (Å²) in [5.74, 6) is -0.124. The maximum Gasteiger partial charge on any atom is 0.280 e. The Bertz CT molecular complexity index is 741. The Morgan fingerprint density at radius 3 is 2.64 bits per heavy atom. The van der Waals surface area contributed by atoms with E-state index < -0.39 is 0 Å². The van der Waals surface area contributed by atoms with E-state index in [-0.39, 0.29) is 5.91 Å². The van der Waals surface area contributed by atoms with Crippen molar-refractivity contribution in [3.05, 3.63) is 70.8 Å². The van der Waals surface area contributed by atoms with Crippen molar-refractivity contribution in [2.75, 3.05) is 6.54 Å². The van der Waals surface area contributed by atoms with Crippen molar-refractivity contribution in [2.45, 2.75) is 6.42 Å². The number of thiazole rings is 1. The van der Waals surface area contributed by atoms with Gasteiger partial charge in [-0.25, -0.2) is 4.98 Å². The van der Waals surface area contributed by atoms with E-state index >= 15 is 0 Å². The van der Waals surface area contributed by atoms with E-state index in [1.165, 1.54) is 16.9 Å². The molecule has 3 rings (SSSR count). The minimum atomic E-state index is -0.124. The molecule has 2 heterocycles. The quantitative estimate of drug-likeness (QED) is 0.787. The number of hydrogen-bond acceptors (Lipinski definition) is 4. The van der Waals surface area contributed by atoms with Gasteiger partial charge in [-0.3, -0.25) is 9.78 Å². The summed E-state index contributed by atoms with van der Waals surface area (Å²) in [6.45, 7) is 0.604. The predicted molar refractivity (Wildman–Crippen MR) is 87.8 cm³/mol. The van der Waals surface area contributed by atoms with Crippen LogP contribution >= 0.6 is 11.3 Å². The Morgan fingerprint density at radius 1 is 1.09 bits per heavy atom. The van der Waals surface area contributed by atoms with Gasteiger partial charge in [0.25, 0.3) is 5.91 Å². The highest BCUT2D eigenvalue weighted by Crippen LogP contribution is 2.20. The van der Waals surface area contributed by atoms with Gasteiger partial charge in [0.2, 0.25) is 0 Å². The first-order chi connectivity index (χ1) is 10.8. The van der Waals surface area contributed by atoms with Crippen LogP contribution in [-0.4, -0.2) is 22.4 Å². The van der Waals surface area contributed by atoms with E-state index in [2.05, 4.69) is 27.4 Å². The third-order valence-corrected chi connectivity index (χ3v) is 4.06. The molecule has 0 radical (unpaired) electrons. The zero-order chi connectivity index (χ0) is 15.2. The molecule has 0 atom stereocenters. The molecular formula is C17H15N3OS. The van der Waals surface area contributed by atoms with Gasteiger partial charge >= 0.3 is 0 Å². The average molecular weight is 309 g/mol. The maximum atomic E-state index is 12.1. The summed E-state index contributed by atoms with van der Waals surface area (Å²) in [7, 11) is 0. The summed E-state index contributed by atoms with van der Waals surface area (Å²) < 4.78 is 0. The molecule has 0 fully saturated rings. The van der Waals surface area contributed by atoms with Crippen LogP contribution in [0.5, 0.6) is 0 Å². The fourth-order valence-electron chi connectivity index (χ4n) is 2.07. The number of hydrogen-bond donors (Lipinski definition) is 1. The number of nitrogens with one attached hydrogen (secondary N) is 1. The number of carbonyl (C=O) groups excluding carboxylic acids is 1. The van der Waals surface area contributed by atoms with Crippen LogP contribution in [-0.2, 0) is 6.42 Å². The van der Waals surface area contributed by atoms with Crippen molar-refractivity contribution in [1.82, 2.24) is 15.3 Å². The molecule has 1 amide bonds. The molecule has 5 heteroatoms. The summed E-state index contributed by atoms with van der Waals surface area (Å²) >= 11 is 1.36. The highest BCUT2D eigenvalue weighted by atomic mass is 32.1. The number of pyridine rings is 1. The lowest BCUT2D eigenvalue weighted by atomic mass is 10.1. The summed E-state index contributed by atoms with van der Waals surface area (Å²) in [6.07, 6.45) is 4.25. The molecule has 0 bridgehead atoms. The second kappa shape index (κ2) is 6.95. The fourth-order valence-corrected chi connectivity index (χ4v) is 2.82. The molecule has 2 aromatic heterocycles. The Hall–Kier alpha value is -2.53. The molecule has 0 aliphatic rings. The van der Waals surface area contributed by atoms with Crippen LogP contribution in [0.3, 0.4) is 0 Å². The molecule has 0 aliphatic carbocycles. The second-order valence-electron chi connectivity index (χ2n) is 4.77. The van der Waals surface area contributed by atoms with Crippen molar-refractivity contribution < 1.29 is 4.79 Å². The average Bonchev–Trinajstić information content (AvgIpc) is 3.07. The molecule has 110 valence electrons. The lowest BCUT2D eigenvalue weighted by molar-refractivity contribution is 0.0954. The normalized spacial score (nSPS) is 10.4. The molecule has 1 N–H and O–H groups in total. The summed E-state index contributed by atoms with van der Waals surface area (Å²) in [5, 5.41) is 5.29. The Labute approximate surface area is 132 Å². The Balaban J connectivity index is 1.58. The largest absolute Gasteiger partial charge is 0.350 e. The van der Waals surface area contributed by atoms with E-state index in [1.54, 1.807) is 12.4 Å². The van der Waals surface area contributed by atoms with Gasteiger partial charge in [-0.15, -0.1) is 11.3 Å². The van der Waals surface area contributed by atoms with Crippen LogP contribution in [0.4, 0.5) is 0 Å². The van der Waals surface area contributed by atoms with Crippen LogP contribution in [0.1, 0.15) is 15.4 Å². The number of amides is 1. The van der Waals surface area contributed by atoms with Gasteiger partial charge in [-0.05, 0) is 24.1 Å². The van der Waals surface area contributed by atoms with Crippen molar-refractivity contribution in [2.24, 2.45) is 0 Å².